The van der Waals surface area contributed by atoms with Crippen LogP contribution in [0.4, 0.5) is 4.39 Å². The number of carbonyl (C=O) groups excluding carboxylic acids is 2. The first-order valence-electron chi connectivity index (χ1n) is 15.1. The molecule has 1 heterocycles. The second-order valence-electron chi connectivity index (χ2n) is 12.0. The zero-order valence-corrected chi connectivity index (χ0v) is 24.8. The number of amides is 2. The van der Waals surface area contributed by atoms with Crippen molar-refractivity contribution in [2.45, 2.75) is 94.7 Å². The number of sulfonamides is 1. The Morgan fingerprint density at radius 2 is 1.51 bits per heavy atom. The maximum atomic E-state index is 13.9. The molecule has 2 aromatic carbocycles. The molecule has 41 heavy (non-hydrogen) atoms. The summed E-state index contributed by atoms with van der Waals surface area (Å²) in [6.07, 6.45) is 9.28. The molecule has 0 radical (unpaired) electrons. The second kappa shape index (κ2) is 13.0. The maximum absolute atomic E-state index is 13.9. The predicted molar refractivity (Wildman–Crippen MR) is 156 cm³/mol. The summed E-state index contributed by atoms with van der Waals surface area (Å²) >= 11 is 0. The van der Waals surface area contributed by atoms with E-state index >= 15 is 0 Å². The van der Waals surface area contributed by atoms with Crippen LogP contribution >= 0.6 is 0 Å². The van der Waals surface area contributed by atoms with Crippen LogP contribution in [0.15, 0.2) is 53.4 Å². The fourth-order valence-electron chi connectivity index (χ4n) is 6.26. The first-order valence-corrected chi connectivity index (χ1v) is 16.5. The zero-order valence-electron chi connectivity index (χ0n) is 24.0. The van der Waals surface area contributed by atoms with E-state index < -0.39 is 10.0 Å². The number of aryl methyl sites for hydroxylation is 1. The smallest absolute Gasteiger partial charge is 0.243 e. The lowest BCUT2D eigenvalue weighted by atomic mass is 9.99. The minimum absolute atomic E-state index is 0.130. The van der Waals surface area contributed by atoms with Gasteiger partial charge in [-0.05, 0) is 74.8 Å². The average Bonchev–Trinajstić information content (AvgIpc) is 3.67. The number of rotatable bonds is 11. The molecule has 0 spiro atoms. The standard InChI is InChI=1S/C32H42FN3O4S/c1-24-6-15-30(16-7-24)41(39,40)36(29-13-14-29)23-32(38)35(22-26-8-11-27(33)12-9-26)28-18-20-34(21-19-28)31(37)17-10-25-4-2-3-5-25/h6-9,11-12,15-16,25,28-29H,2-5,10,13-14,17-23H2,1H3. The molecule has 3 aliphatic rings. The minimum Gasteiger partial charge on any atom is -0.343 e. The van der Waals surface area contributed by atoms with Crippen LogP contribution in [0.25, 0.3) is 0 Å². The van der Waals surface area contributed by atoms with Gasteiger partial charge in [-0.25, -0.2) is 12.8 Å². The summed E-state index contributed by atoms with van der Waals surface area (Å²) in [5.41, 5.74) is 1.75. The van der Waals surface area contributed by atoms with Crippen LogP contribution in [0.1, 0.15) is 75.3 Å². The van der Waals surface area contributed by atoms with Gasteiger partial charge in [-0.1, -0.05) is 55.5 Å². The lowest BCUT2D eigenvalue weighted by molar-refractivity contribution is -0.137. The van der Waals surface area contributed by atoms with Crippen LogP contribution in [0.2, 0.25) is 0 Å². The van der Waals surface area contributed by atoms with E-state index in [1.807, 2.05) is 11.8 Å². The fourth-order valence-corrected chi connectivity index (χ4v) is 7.90. The highest BCUT2D eigenvalue weighted by Crippen LogP contribution is 2.33. The molecule has 1 aliphatic heterocycles. The number of hydrogen-bond acceptors (Lipinski definition) is 4. The van der Waals surface area contributed by atoms with E-state index in [-0.39, 0.29) is 47.7 Å². The molecule has 2 aliphatic carbocycles. The van der Waals surface area contributed by atoms with Gasteiger partial charge in [0.2, 0.25) is 21.8 Å². The highest BCUT2D eigenvalue weighted by molar-refractivity contribution is 7.89. The van der Waals surface area contributed by atoms with Gasteiger partial charge in [-0.3, -0.25) is 9.59 Å². The third-order valence-electron chi connectivity index (χ3n) is 8.96. The quantitative estimate of drug-likeness (QED) is 0.361. The molecule has 7 nitrogen and oxygen atoms in total. The Kier molecular flexibility index (Phi) is 9.44. The van der Waals surface area contributed by atoms with E-state index in [9.17, 15) is 22.4 Å². The van der Waals surface area contributed by atoms with Gasteiger partial charge in [-0.15, -0.1) is 0 Å². The predicted octanol–water partition coefficient (Wildman–Crippen LogP) is 5.28. The number of halogens is 1. The average molecular weight is 584 g/mol. The molecule has 1 saturated heterocycles. The molecular formula is C32H42FN3O4S. The Balaban J connectivity index is 1.28. The highest BCUT2D eigenvalue weighted by Gasteiger charge is 2.41. The van der Waals surface area contributed by atoms with Crippen molar-refractivity contribution in [2.24, 2.45) is 5.92 Å². The van der Waals surface area contributed by atoms with E-state index in [2.05, 4.69) is 0 Å². The Morgan fingerprint density at radius 3 is 2.12 bits per heavy atom. The molecule has 0 unspecified atom stereocenters. The number of benzene rings is 2. The van der Waals surface area contributed by atoms with Gasteiger partial charge in [0.1, 0.15) is 5.82 Å². The summed E-state index contributed by atoms with van der Waals surface area (Å²) in [6, 6.07) is 12.5. The Labute approximate surface area is 243 Å². The molecule has 0 atom stereocenters. The van der Waals surface area contributed by atoms with Crippen LogP contribution in [0.3, 0.4) is 0 Å². The number of nitrogens with zero attached hydrogens (tertiary/aromatic N) is 3. The van der Waals surface area contributed by atoms with Crippen molar-refractivity contribution in [3.05, 3.63) is 65.5 Å². The van der Waals surface area contributed by atoms with Crippen molar-refractivity contribution in [1.29, 1.82) is 0 Å². The molecule has 3 fully saturated rings. The summed E-state index contributed by atoms with van der Waals surface area (Å²) in [5.74, 6) is 0.254. The lowest BCUT2D eigenvalue weighted by Gasteiger charge is -2.39. The molecule has 0 aromatic heterocycles. The van der Waals surface area contributed by atoms with E-state index in [0.29, 0.717) is 38.3 Å². The molecule has 0 bridgehead atoms. The molecule has 2 amide bonds. The number of hydrogen-bond donors (Lipinski definition) is 0. The van der Waals surface area contributed by atoms with Crippen molar-refractivity contribution < 1.29 is 22.4 Å². The largest absolute Gasteiger partial charge is 0.343 e. The van der Waals surface area contributed by atoms with Crippen LogP contribution in [0.5, 0.6) is 0 Å². The van der Waals surface area contributed by atoms with Crippen LogP contribution in [-0.2, 0) is 26.2 Å². The first kappa shape index (κ1) is 29.7. The zero-order chi connectivity index (χ0) is 29.0. The SMILES string of the molecule is Cc1ccc(S(=O)(=O)N(CC(=O)N(Cc2ccc(F)cc2)C2CCN(C(=O)CCC3CCCC3)CC2)C2CC2)cc1. The van der Waals surface area contributed by atoms with E-state index in [1.54, 1.807) is 41.3 Å². The van der Waals surface area contributed by atoms with Gasteiger partial charge >= 0.3 is 0 Å². The molecule has 9 heteroatoms. The van der Waals surface area contributed by atoms with Gasteiger partial charge in [0.05, 0.1) is 11.4 Å². The molecule has 2 saturated carbocycles. The van der Waals surface area contributed by atoms with Gasteiger partial charge in [0, 0.05) is 38.1 Å². The van der Waals surface area contributed by atoms with Crippen molar-refractivity contribution in [3.63, 3.8) is 0 Å². The third-order valence-corrected chi connectivity index (χ3v) is 10.9. The minimum atomic E-state index is -3.84. The fraction of sp³-hybridized carbons (Fsp3) is 0.562. The molecule has 2 aromatic rings. The van der Waals surface area contributed by atoms with Gasteiger partial charge in [-0.2, -0.15) is 4.31 Å². The molecule has 0 N–H and O–H groups in total. The summed E-state index contributed by atoms with van der Waals surface area (Å²) in [4.78, 5) is 30.7. The Hall–Kier alpha value is -2.78. The van der Waals surface area contributed by atoms with Crippen LogP contribution in [-0.4, -0.2) is 66.1 Å². The highest BCUT2D eigenvalue weighted by atomic mass is 32.2. The number of piperidine rings is 1. The van der Waals surface area contributed by atoms with Crippen molar-refractivity contribution in [2.75, 3.05) is 19.6 Å². The monoisotopic (exact) mass is 583 g/mol. The lowest BCUT2D eigenvalue weighted by Crippen LogP contribution is -2.51. The maximum Gasteiger partial charge on any atom is 0.243 e. The van der Waals surface area contributed by atoms with Gasteiger partial charge < -0.3 is 9.80 Å². The first-order chi connectivity index (χ1) is 19.7. The summed E-state index contributed by atoms with van der Waals surface area (Å²) in [5, 5.41) is 0. The summed E-state index contributed by atoms with van der Waals surface area (Å²) in [7, 11) is -3.84. The van der Waals surface area contributed by atoms with E-state index in [0.717, 1.165) is 30.4 Å². The topological polar surface area (TPSA) is 78.0 Å². The number of likely N-dealkylation sites (tertiary alicyclic amines) is 1. The normalized spacial score (nSPS) is 18.7. The van der Waals surface area contributed by atoms with E-state index in [4.69, 9.17) is 0 Å². The Bertz CT molecular complexity index is 1300. The molecule has 5 rings (SSSR count). The van der Waals surface area contributed by atoms with Crippen LogP contribution in [0, 0.1) is 18.7 Å². The number of carbonyl (C=O) groups is 2. The van der Waals surface area contributed by atoms with Crippen molar-refractivity contribution in [1.82, 2.24) is 14.1 Å². The van der Waals surface area contributed by atoms with Crippen LogP contribution < -0.4 is 0 Å². The molecular weight excluding hydrogens is 541 g/mol. The van der Waals surface area contributed by atoms with E-state index in [1.165, 1.54) is 42.1 Å². The van der Waals surface area contributed by atoms with Gasteiger partial charge in [0.15, 0.2) is 0 Å². The summed E-state index contributed by atoms with van der Waals surface area (Å²) < 4.78 is 42.2. The second-order valence-corrected chi connectivity index (χ2v) is 13.9. The third kappa shape index (κ3) is 7.55. The van der Waals surface area contributed by atoms with Gasteiger partial charge in [0.25, 0.3) is 0 Å². The summed E-state index contributed by atoms with van der Waals surface area (Å²) in [6.45, 7) is 3.09. The van der Waals surface area contributed by atoms with Crippen molar-refractivity contribution >= 4 is 21.8 Å². The Morgan fingerprint density at radius 1 is 0.878 bits per heavy atom. The molecule has 222 valence electrons. The van der Waals surface area contributed by atoms with Crippen molar-refractivity contribution in [3.8, 4) is 0 Å².